The molecule has 112 valence electrons. The highest BCUT2D eigenvalue weighted by molar-refractivity contribution is 7.89. The predicted molar refractivity (Wildman–Crippen MR) is 81.8 cm³/mol. The molecule has 1 aromatic carbocycles. The number of unbranched alkanes of at least 4 members (excludes halogenated alkanes) is 1. The molecule has 0 aromatic heterocycles. The van der Waals surface area contributed by atoms with Crippen LogP contribution in [-0.4, -0.2) is 31.1 Å². The summed E-state index contributed by atoms with van der Waals surface area (Å²) in [4.78, 5) is 0. The van der Waals surface area contributed by atoms with Crippen LogP contribution >= 0.6 is 0 Å². The zero-order valence-electron chi connectivity index (χ0n) is 12.3. The number of rotatable bonds is 7. The molecular formula is C15H24N2O2S. The van der Waals surface area contributed by atoms with Crippen molar-refractivity contribution in [2.24, 2.45) is 0 Å². The van der Waals surface area contributed by atoms with Crippen LogP contribution in [0.25, 0.3) is 0 Å². The summed E-state index contributed by atoms with van der Waals surface area (Å²) in [5, 5.41) is 3.31. The first-order valence-electron chi connectivity index (χ1n) is 7.27. The highest BCUT2D eigenvalue weighted by Crippen LogP contribution is 2.25. The van der Waals surface area contributed by atoms with Crippen molar-refractivity contribution >= 4 is 10.0 Å². The number of nitrogens with zero attached hydrogens (tertiary/aromatic N) is 1. The standard InChI is InChI=1S/C15H24N2O2S/c1-13(2)16-9-5-6-10-20(18,19)17-11-14-7-3-4-8-15(14)12-17/h3-4,7-8,13,16H,5-6,9-12H2,1-2H3. The first kappa shape index (κ1) is 15.5. The van der Waals surface area contributed by atoms with Crippen LogP contribution in [0.15, 0.2) is 24.3 Å². The fourth-order valence-corrected chi connectivity index (χ4v) is 3.93. The van der Waals surface area contributed by atoms with Crippen molar-refractivity contribution in [1.29, 1.82) is 0 Å². The molecular weight excluding hydrogens is 272 g/mol. The summed E-state index contributed by atoms with van der Waals surface area (Å²) in [6, 6.07) is 8.41. The number of nitrogens with one attached hydrogen (secondary N) is 1. The van der Waals surface area contributed by atoms with E-state index in [2.05, 4.69) is 19.2 Å². The molecule has 0 unspecified atom stereocenters. The van der Waals surface area contributed by atoms with Crippen molar-refractivity contribution in [2.45, 2.75) is 45.8 Å². The Morgan fingerprint density at radius 1 is 1.15 bits per heavy atom. The third-order valence-corrected chi connectivity index (χ3v) is 5.44. The van der Waals surface area contributed by atoms with Crippen molar-refractivity contribution in [3.63, 3.8) is 0 Å². The Morgan fingerprint density at radius 3 is 2.30 bits per heavy atom. The summed E-state index contributed by atoms with van der Waals surface area (Å²) < 4.78 is 26.2. The first-order chi connectivity index (χ1) is 9.49. The first-order valence-corrected chi connectivity index (χ1v) is 8.88. The van der Waals surface area contributed by atoms with Crippen LogP contribution in [0.2, 0.25) is 0 Å². The molecule has 0 atom stereocenters. The molecule has 20 heavy (non-hydrogen) atoms. The molecule has 1 aliphatic heterocycles. The molecule has 0 aliphatic carbocycles. The molecule has 0 radical (unpaired) electrons. The van der Waals surface area contributed by atoms with Crippen LogP contribution in [-0.2, 0) is 23.1 Å². The van der Waals surface area contributed by atoms with Gasteiger partial charge in [-0.05, 0) is 30.5 Å². The maximum Gasteiger partial charge on any atom is 0.214 e. The van der Waals surface area contributed by atoms with Gasteiger partial charge in [0.1, 0.15) is 0 Å². The van der Waals surface area contributed by atoms with Crippen molar-refractivity contribution in [2.75, 3.05) is 12.3 Å². The van der Waals surface area contributed by atoms with Crippen LogP contribution in [0.1, 0.15) is 37.8 Å². The van der Waals surface area contributed by atoms with E-state index in [9.17, 15) is 8.42 Å². The fraction of sp³-hybridized carbons (Fsp3) is 0.600. The lowest BCUT2D eigenvalue weighted by Gasteiger charge is -2.15. The second kappa shape index (κ2) is 6.70. The third-order valence-electron chi connectivity index (χ3n) is 3.59. The van der Waals surface area contributed by atoms with Crippen molar-refractivity contribution in [3.05, 3.63) is 35.4 Å². The third kappa shape index (κ3) is 4.04. The molecule has 5 heteroatoms. The topological polar surface area (TPSA) is 49.4 Å². The molecule has 0 saturated heterocycles. The van der Waals surface area contributed by atoms with E-state index in [1.165, 1.54) is 0 Å². The molecule has 1 heterocycles. The van der Waals surface area contributed by atoms with E-state index in [0.717, 1.165) is 30.5 Å². The zero-order valence-corrected chi connectivity index (χ0v) is 13.1. The Kier molecular flexibility index (Phi) is 5.18. The number of hydrogen-bond acceptors (Lipinski definition) is 3. The summed E-state index contributed by atoms with van der Waals surface area (Å²) in [6.07, 6.45) is 1.62. The quantitative estimate of drug-likeness (QED) is 0.784. The maximum absolute atomic E-state index is 12.3. The Hall–Kier alpha value is -0.910. The van der Waals surface area contributed by atoms with Gasteiger partial charge in [-0.2, -0.15) is 4.31 Å². The lowest BCUT2D eigenvalue weighted by Crippen LogP contribution is -2.29. The number of benzene rings is 1. The lowest BCUT2D eigenvalue weighted by atomic mass is 10.1. The highest BCUT2D eigenvalue weighted by atomic mass is 32.2. The molecule has 0 saturated carbocycles. The molecule has 0 amide bonds. The number of fused-ring (bicyclic) bond motifs is 1. The number of sulfonamides is 1. The predicted octanol–water partition coefficient (Wildman–Crippen LogP) is 2.11. The van der Waals surface area contributed by atoms with E-state index in [0.29, 0.717) is 19.1 Å². The lowest BCUT2D eigenvalue weighted by molar-refractivity contribution is 0.429. The Morgan fingerprint density at radius 2 is 1.75 bits per heavy atom. The second-order valence-corrected chi connectivity index (χ2v) is 7.76. The van der Waals surface area contributed by atoms with Gasteiger partial charge in [0.15, 0.2) is 0 Å². The summed E-state index contributed by atoms with van der Waals surface area (Å²) in [5.41, 5.74) is 2.27. The minimum absolute atomic E-state index is 0.251. The highest BCUT2D eigenvalue weighted by Gasteiger charge is 2.28. The fourth-order valence-electron chi connectivity index (χ4n) is 2.43. The maximum atomic E-state index is 12.3. The van der Waals surface area contributed by atoms with Crippen LogP contribution in [0.3, 0.4) is 0 Å². The van der Waals surface area contributed by atoms with Gasteiger partial charge in [-0.3, -0.25) is 0 Å². The summed E-state index contributed by atoms with van der Waals surface area (Å²) >= 11 is 0. The zero-order chi connectivity index (χ0) is 14.6. The smallest absolute Gasteiger partial charge is 0.214 e. The van der Waals surface area contributed by atoms with Crippen LogP contribution < -0.4 is 5.32 Å². The largest absolute Gasteiger partial charge is 0.315 e. The average molecular weight is 296 g/mol. The molecule has 1 aliphatic rings. The molecule has 0 bridgehead atoms. The SMILES string of the molecule is CC(C)NCCCCS(=O)(=O)N1Cc2ccccc2C1. The summed E-state index contributed by atoms with van der Waals surface area (Å²) in [6.45, 7) is 6.13. The van der Waals surface area contributed by atoms with Gasteiger partial charge in [-0.15, -0.1) is 0 Å². The molecule has 4 nitrogen and oxygen atoms in total. The van der Waals surface area contributed by atoms with Gasteiger partial charge in [0.05, 0.1) is 5.75 Å². The van der Waals surface area contributed by atoms with Gasteiger partial charge in [-0.25, -0.2) is 8.42 Å². The van der Waals surface area contributed by atoms with Gasteiger partial charge >= 0.3 is 0 Å². The van der Waals surface area contributed by atoms with Gasteiger partial charge < -0.3 is 5.32 Å². The molecule has 1 N–H and O–H groups in total. The molecule has 1 aromatic rings. The minimum atomic E-state index is -3.12. The Labute approximate surface area is 122 Å². The van der Waals surface area contributed by atoms with E-state index in [-0.39, 0.29) is 5.75 Å². The second-order valence-electron chi connectivity index (χ2n) is 5.67. The van der Waals surface area contributed by atoms with E-state index in [1.54, 1.807) is 4.31 Å². The monoisotopic (exact) mass is 296 g/mol. The summed E-state index contributed by atoms with van der Waals surface area (Å²) in [7, 11) is -3.12. The van der Waals surface area contributed by atoms with Gasteiger partial charge in [0.25, 0.3) is 0 Å². The van der Waals surface area contributed by atoms with E-state index < -0.39 is 10.0 Å². The average Bonchev–Trinajstić information content (AvgIpc) is 2.82. The minimum Gasteiger partial charge on any atom is -0.315 e. The molecule has 2 rings (SSSR count). The molecule has 0 fully saturated rings. The Balaban J connectivity index is 1.81. The van der Waals surface area contributed by atoms with E-state index in [1.807, 2.05) is 24.3 Å². The van der Waals surface area contributed by atoms with Crippen LogP contribution in [0, 0.1) is 0 Å². The van der Waals surface area contributed by atoms with Crippen molar-refractivity contribution in [1.82, 2.24) is 9.62 Å². The number of hydrogen-bond donors (Lipinski definition) is 1. The van der Waals surface area contributed by atoms with Gasteiger partial charge in [-0.1, -0.05) is 38.1 Å². The van der Waals surface area contributed by atoms with Crippen molar-refractivity contribution < 1.29 is 8.42 Å². The van der Waals surface area contributed by atoms with Crippen LogP contribution in [0.4, 0.5) is 0 Å². The van der Waals surface area contributed by atoms with Crippen molar-refractivity contribution in [3.8, 4) is 0 Å². The van der Waals surface area contributed by atoms with Gasteiger partial charge in [0, 0.05) is 19.1 Å². The normalized spacial score (nSPS) is 15.8. The summed E-state index contributed by atoms with van der Waals surface area (Å²) in [5.74, 6) is 0.251. The van der Waals surface area contributed by atoms with E-state index in [4.69, 9.17) is 0 Å². The van der Waals surface area contributed by atoms with E-state index >= 15 is 0 Å². The van der Waals surface area contributed by atoms with Gasteiger partial charge in [0.2, 0.25) is 10.0 Å². The molecule has 0 spiro atoms. The van der Waals surface area contributed by atoms with Crippen LogP contribution in [0.5, 0.6) is 0 Å². The Bertz CT molecular complexity index is 516.